The second-order valence-electron chi connectivity index (χ2n) is 5.18. The Morgan fingerprint density at radius 1 is 1.19 bits per heavy atom. The van der Waals surface area contributed by atoms with Crippen LogP contribution < -0.4 is 10.2 Å². The summed E-state index contributed by atoms with van der Waals surface area (Å²) in [6.07, 6.45) is -3.26. The highest BCUT2D eigenvalue weighted by Gasteiger charge is 2.32. The summed E-state index contributed by atoms with van der Waals surface area (Å²) in [7, 11) is 1.57. The third kappa shape index (κ3) is 4.00. The van der Waals surface area contributed by atoms with Gasteiger partial charge in [-0.2, -0.15) is 13.2 Å². The molecule has 1 aromatic rings. The van der Waals surface area contributed by atoms with Gasteiger partial charge in [0, 0.05) is 33.2 Å². The monoisotopic (exact) mass is 302 g/mol. The van der Waals surface area contributed by atoms with Gasteiger partial charge in [0.05, 0.1) is 5.56 Å². The molecular weight excluding hydrogens is 281 g/mol. The second-order valence-corrected chi connectivity index (χ2v) is 5.18. The zero-order chi connectivity index (χ0) is 15.5. The van der Waals surface area contributed by atoms with Crippen molar-refractivity contribution in [1.29, 1.82) is 0 Å². The van der Waals surface area contributed by atoms with E-state index in [0.717, 1.165) is 38.2 Å². The lowest BCUT2D eigenvalue weighted by atomic mass is 10.2. The van der Waals surface area contributed by atoms with E-state index in [1.165, 1.54) is 0 Å². The van der Waals surface area contributed by atoms with Crippen LogP contribution in [0.5, 0.6) is 0 Å². The molecule has 118 valence electrons. The average Bonchev–Trinajstić information content (AvgIpc) is 2.47. The number of hydrogen-bond acceptors (Lipinski definition) is 4. The first-order valence-corrected chi connectivity index (χ1v) is 7.18. The van der Waals surface area contributed by atoms with Gasteiger partial charge in [-0.3, -0.25) is 4.90 Å². The lowest BCUT2D eigenvalue weighted by molar-refractivity contribution is -0.137. The van der Waals surface area contributed by atoms with Crippen molar-refractivity contribution in [3.05, 3.63) is 17.7 Å². The van der Waals surface area contributed by atoms with Gasteiger partial charge in [0.1, 0.15) is 11.6 Å². The molecule has 4 nitrogen and oxygen atoms in total. The molecule has 1 aliphatic rings. The topological polar surface area (TPSA) is 31.4 Å². The third-order valence-corrected chi connectivity index (χ3v) is 3.63. The second kappa shape index (κ2) is 6.51. The maximum atomic E-state index is 12.9. The fraction of sp³-hybridized carbons (Fsp3) is 0.643. The maximum absolute atomic E-state index is 12.9. The van der Waals surface area contributed by atoms with Crippen molar-refractivity contribution in [2.75, 3.05) is 50.0 Å². The predicted molar refractivity (Wildman–Crippen MR) is 77.7 cm³/mol. The van der Waals surface area contributed by atoms with E-state index in [1.54, 1.807) is 7.05 Å². The number of aromatic nitrogens is 1. The number of anilines is 2. The Kier molecular flexibility index (Phi) is 4.92. The summed E-state index contributed by atoms with van der Waals surface area (Å²) in [6.45, 7) is 6.29. The van der Waals surface area contributed by atoms with Gasteiger partial charge in [-0.1, -0.05) is 6.92 Å². The fourth-order valence-electron chi connectivity index (χ4n) is 2.49. The van der Waals surface area contributed by atoms with Crippen LogP contribution in [0, 0.1) is 0 Å². The van der Waals surface area contributed by atoms with Crippen LogP contribution in [-0.2, 0) is 6.18 Å². The van der Waals surface area contributed by atoms with E-state index < -0.39 is 11.7 Å². The zero-order valence-corrected chi connectivity index (χ0v) is 12.4. The summed E-state index contributed by atoms with van der Waals surface area (Å²) >= 11 is 0. The molecule has 2 rings (SSSR count). The van der Waals surface area contributed by atoms with E-state index in [0.29, 0.717) is 18.9 Å². The minimum Gasteiger partial charge on any atom is -0.373 e. The van der Waals surface area contributed by atoms with Crippen molar-refractivity contribution < 1.29 is 13.2 Å². The average molecular weight is 302 g/mol. The van der Waals surface area contributed by atoms with Gasteiger partial charge in [0.25, 0.3) is 0 Å². The summed E-state index contributed by atoms with van der Waals surface area (Å²) in [5.74, 6) is 0.640. The minimum absolute atomic E-state index is 0.246. The standard InChI is InChI=1S/C14H21F3N4/c1-3-4-20-5-7-21(8-6-20)13-10-11(14(15,16)17)9-12(18-2)19-13/h9-10H,3-8H2,1-2H3,(H,18,19). The Hall–Kier alpha value is -1.50. The molecule has 0 bridgehead atoms. The number of piperazine rings is 1. The highest BCUT2D eigenvalue weighted by atomic mass is 19.4. The van der Waals surface area contributed by atoms with Crippen LogP contribution >= 0.6 is 0 Å². The summed E-state index contributed by atoms with van der Waals surface area (Å²) in [6, 6.07) is 2.17. The van der Waals surface area contributed by atoms with Gasteiger partial charge in [0.15, 0.2) is 0 Å². The quantitative estimate of drug-likeness (QED) is 0.926. The van der Waals surface area contributed by atoms with E-state index in [2.05, 4.69) is 22.1 Å². The molecule has 1 aromatic heterocycles. The lowest BCUT2D eigenvalue weighted by Crippen LogP contribution is -2.46. The summed E-state index contributed by atoms with van der Waals surface area (Å²) in [4.78, 5) is 8.50. The zero-order valence-electron chi connectivity index (χ0n) is 12.4. The van der Waals surface area contributed by atoms with Crippen LogP contribution in [0.1, 0.15) is 18.9 Å². The third-order valence-electron chi connectivity index (χ3n) is 3.63. The number of halogens is 3. The lowest BCUT2D eigenvalue weighted by Gasteiger charge is -2.35. The predicted octanol–water partition coefficient (Wildman–Crippen LogP) is 2.67. The molecule has 0 amide bonds. The van der Waals surface area contributed by atoms with Crippen LogP contribution in [0.15, 0.2) is 12.1 Å². The van der Waals surface area contributed by atoms with Gasteiger partial charge in [-0.25, -0.2) is 4.98 Å². The Labute approximate surface area is 122 Å². The molecule has 7 heteroatoms. The molecule has 1 saturated heterocycles. The molecule has 0 aromatic carbocycles. The van der Waals surface area contributed by atoms with E-state index in [4.69, 9.17) is 0 Å². The molecule has 21 heavy (non-hydrogen) atoms. The number of nitrogens with one attached hydrogen (secondary N) is 1. The minimum atomic E-state index is -4.35. The first kappa shape index (κ1) is 15.9. The molecule has 1 N–H and O–H groups in total. The molecule has 0 unspecified atom stereocenters. The van der Waals surface area contributed by atoms with Gasteiger partial charge in [-0.05, 0) is 25.1 Å². The molecule has 0 aliphatic carbocycles. The number of nitrogens with zero attached hydrogens (tertiary/aromatic N) is 3. The molecule has 1 aliphatic heterocycles. The van der Waals surface area contributed by atoms with Crippen LogP contribution in [0.25, 0.3) is 0 Å². The fourth-order valence-corrected chi connectivity index (χ4v) is 2.49. The number of hydrogen-bond donors (Lipinski definition) is 1. The van der Waals surface area contributed by atoms with Crippen molar-refractivity contribution in [2.45, 2.75) is 19.5 Å². The Balaban J connectivity index is 2.16. The highest BCUT2D eigenvalue weighted by molar-refractivity contribution is 5.51. The number of pyridine rings is 1. The molecule has 0 saturated carbocycles. The van der Waals surface area contributed by atoms with Crippen LogP contribution in [0.2, 0.25) is 0 Å². The van der Waals surface area contributed by atoms with Crippen LogP contribution in [0.4, 0.5) is 24.8 Å². The van der Waals surface area contributed by atoms with E-state index >= 15 is 0 Å². The molecule has 0 spiro atoms. The number of alkyl halides is 3. The Bertz CT molecular complexity index is 468. The van der Waals surface area contributed by atoms with Crippen molar-refractivity contribution in [3.63, 3.8) is 0 Å². The number of rotatable bonds is 4. The molecule has 0 atom stereocenters. The van der Waals surface area contributed by atoms with Gasteiger partial charge in [0.2, 0.25) is 0 Å². The van der Waals surface area contributed by atoms with Gasteiger partial charge in [-0.15, -0.1) is 0 Å². The normalized spacial score (nSPS) is 17.1. The van der Waals surface area contributed by atoms with Crippen molar-refractivity contribution >= 4 is 11.6 Å². The van der Waals surface area contributed by atoms with Crippen LogP contribution in [0.3, 0.4) is 0 Å². The molecule has 0 radical (unpaired) electrons. The highest BCUT2D eigenvalue weighted by Crippen LogP contribution is 2.33. The Morgan fingerprint density at radius 3 is 2.38 bits per heavy atom. The van der Waals surface area contributed by atoms with E-state index in [-0.39, 0.29) is 5.82 Å². The summed E-state index contributed by atoms with van der Waals surface area (Å²) in [5, 5.41) is 2.70. The van der Waals surface area contributed by atoms with E-state index in [1.807, 2.05) is 4.90 Å². The summed E-state index contributed by atoms with van der Waals surface area (Å²) in [5.41, 5.74) is -0.659. The van der Waals surface area contributed by atoms with Gasteiger partial charge >= 0.3 is 6.18 Å². The van der Waals surface area contributed by atoms with Crippen molar-refractivity contribution in [3.8, 4) is 0 Å². The van der Waals surface area contributed by atoms with Crippen molar-refractivity contribution in [1.82, 2.24) is 9.88 Å². The first-order valence-electron chi connectivity index (χ1n) is 7.18. The smallest absolute Gasteiger partial charge is 0.373 e. The Morgan fingerprint density at radius 2 is 1.86 bits per heavy atom. The summed E-state index contributed by atoms with van der Waals surface area (Å²) < 4.78 is 38.8. The first-order chi connectivity index (χ1) is 9.94. The molecular formula is C14H21F3N4. The van der Waals surface area contributed by atoms with Crippen LogP contribution in [-0.4, -0.2) is 49.7 Å². The molecule has 2 heterocycles. The molecule has 1 fully saturated rings. The largest absolute Gasteiger partial charge is 0.416 e. The van der Waals surface area contributed by atoms with Gasteiger partial charge < -0.3 is 10.2 Å². The van der Waals surface area contributed by atoms with Crippen molar-refractivity contribution in [2.24, 2.45) is 0 Å². The SMILES string of the molecule is CCCN1CCN(c2cc(C(F)(F)F)cc(NC)n2)CC1. The maximum Gasteiger partial charge on any atom is 0.416 e. The van der Waals surface area contributed by atoms with E-state index in [9.17, 15) is 13.2 Å².